The molecule has 0 bridgehead atoms. The van der Waals surface area contributed by atoms with Gasteiger partial charge < -0.3 is 15.8 Å². The molecule has 2 rings (SSSR count). The van der Waals surface area contributed by atoms with E-state index in [0.717, 1.165) is 25.4 Å². The SMILES string of the molecule is CCOC1CC(N)(CNc2ccnn2C)C1(C)C. The summed E-state index contributed by atoms with van der Waals surface area (Å²) in [5.74, 6) is 0.996. The number of hydrogen-bond acceptors (Lipinski definition) is 4. The topological polar surface area (TPSA) is 65.1 Å². The quantitative estimate of drug-likeness (QED) is 0.830. The Hall–Kier alpha value is -1.07. The van der Waals surface area contributed by atoms with Crippen LogP contribution in [0, 0.1) is 5.41 Å². The number of anilines is 1. The zero-order valence-corrected chi connectivity index (χ0v) is 11.7. The van der Waals surface area contributed by atoms with Crippen molar-refractivity contribution >= 4 is 5.82 Å². The Balaban J connectivity index is 1.96. The third kappa shape index (κ3) is 2.01. The molecule has 1 aliphatic rings. The highest BCUT2D eigenvalue weighted by atomic mass is 16.5. The van der Waals surface area contributed by atoms with E-state index >= 15 is 0 Å². The molecule has 2 atom stereocenters. The van der Waals surface area contributed by atoms with Crippen molar-refractivity contribution in [1.29, 1.82) is 0 Å². The molecule has 102 valence electrons. The minimum absolute atomic E-state index is 0.00535. The van der Waals surface area contributed by atoms with Crippen LogP contribution in [0.5, 0.6) is 0 Å². The third-order valence-electron chi connectivity index (χ3n) is 4.41. The Morgan fingerprint density at radius 1 is 1.61 bits per heavy atom. The van der Waals surface area contributed by atoms with Crippen LogP contribution in [-0.2, 0) is 11.8 Å². The number of hydrogen-bond donors (Lipinski definition) is 2. The maximum Gasteiger partial charge on any atom is 0.123 e. The van der Waals surface area contributed by atoms with Crippen LogP contribution >= 0.6 is 0 Å². The lowest BCUT2D eigenvalue weighted by atomic mass is 9.54. The van der Waals surface area contributed by atoms with Crippen LogP contribution in [0.3, 0.4) is 0 Å². The van der Waals surface area contributed by atoms with E-state index in [9.17, 15) is 0 Å². The Kier molecular flexibility index (Phi) is 3.38. The number of nitrogens with two attached hydrogens (primary N) is 1. The average Bonchev–Trinajstić information content (AvgIpc) is 2.72. The normalized spacial score (nSPS) is 29.9. The van der Waals surface area contributed by atoms with Gasteiger partial charge in [-0.3, -0.25) is 4.68 Å². The minimum Gasteiger partial charge on any atom is -0.378 e. The largest absolute Gasteiger partial charge is 0.378 e. The zero-order chi connectivity index (χ0) is 13.4. The summed E-state index contributed by atoms with van der Waals surface area (Å²) in [6, 6.07) is 1.95. The minimum atomic E-state index is -0.225. The molecule has 5 nitrogen and oxygen atoms in total. The second-order valence-corrected chi connectivity index (χ2v) is 5.72. The van der Waals surface area contributed by atoms with E-state index in [2.05, 4.69) is 24.3 Å². The molecule has 2 unspecified atom stereocenters. The van der Waals surface area contributed by atoms with Crippen molar-refractivity contribution in [1.82, 2.24) is 9.78 Å². The van der Waals surface area contributed by atoms with Gasteiger partial charge in [0, 0.05) is 37.2 Å². The lowest BCUT2D eigenvalue weighted by Crippen LogP contribution is -2.72. The van der Waals surface area contributed by atoms with Gasteiger partial charge >= 0.3 is 0 Å². The van der Waals surface area contributed by atoms with Gasteiger partial charge in [0.25, 0.3) is 0 Å². The molecule has 3 N–H and O–H groups in total. The van der Waals surface area contributed by atoms with Crippen LogP contribution in [0.15, 0.2) is 12.3 Å². The monoisotopic (exact) mass is 252 g/mol. The lowest BCUT2D eigenvalue weighted by molar-refractivity contribution is -0.144. The Morgan fingerprint density at radius 2 is 2.33 bits per heavy atom. The maximum absolute atomic E-state index is 6.50. The Bertz CT molecular complexity index is 415. The fourth-order valence-corrected chi connectivity index (χ4v) is 2.60. The summed E-state index contributed by atoms with van der Waals surface area (Å²) in [5, 5.41) is 7.50. The first kappa shape index (κ1) is 13.4. The fraction of sp³-hybridized carbons (Fsp3) is 0.769. The molecule has 1 aromatic rings. The predicted molar refractivity (Wildman–Crippen MR) is 72.4 cm³/mol. The molecular formula is C13H24N4O. The van der Waals surface area contributed by atoms with E-state index in [1.54, 1.807) is 6.20 Å². The number of ether oxygens (including phenoxy) is 1. The smallest absolute Gasteiger partial charge is 0.123 e. The summed E-state index contributed by atoms with van der Waals surface area (Å²) >= 11 is 0. The van der Waals surface area contributed by atoms with Gasteiger partial charge in [0.1, 0.15) is 5.82 Å². The van der Waals surface area contributed by atoms with E-state index < -0.39 is 0 Å². The highest BCUT2D eigenvalue weighted by Crippen LogP contribution is 2.49. The molecule has 5 heteroatoms. The molecule has 0 amide bonds. The van der Waals surface area contributed by atoms with Gasteiger partial charge in [-0.15, -0.1) is 0 Å². The van der Waals surface area contributed by atoms with Gasteiger partial charge in [-0.05, 0) is 13.3 Å². The van der Waals surface area contributed by atoms with Crippen LogP contribution in [0.1, 0.15) is 27.2 Å². The van der Waals surface area contributed by atoms with Gasteiger partial charge in [0.15, 0.2) is 0 Å². The highest BCUT2D eigenvalue weighted by molar-refractivity contribution is 5.35. The van der Waals surface area contributed by atoms with Crippen molar-refractivity contribution in [3.05, 3.63) is 12.3 Å². The van der Waals surface area contributed by atoms with Crippen molar-refractivity contribution in [2.75, 3.05) is 18.5 Å². The van der Waals surface area contributed by atoms with E-state index in [0.29, 0.717) is 0 Å². The summed E-state index contributed by atoms with van der Waals surface area (Å²) in [6.45, 7) is 7.88. The van der Waals surface area contributed by atoms with Gasteiger partial charge in [-0.2, -0.15) is 5.10 Å². The van der Waals surface area contributed by atoms with E-state index in [-0.39, 0.29) is 17.1 Å². The lowest BCUT2D eigenvalue weighted by Gasteiger charge is -2.59. The molecule has 0 aliphatic heterocycles. The first-order valence-corrected chi connectivity index (χ1v) is 6.53. The Morgan fingerprint density at radius 3 is 2.83 bits per heavy atom. The molecule has 18 heavy (non-hydrogen) atoms. The van der Waals surface area contributed by atoms with Crippen molar-refractivity contribution in [3.8, 4) is 0 Å². The van der Waals surface area contributed by atoms with Gasteiger partial charge in [-0.25, -0.2) is 0 Å². The van der Waals surface area contributed by atoms with Crippen LogP contribution in [0.2, 0.25) is 0 Å². The first-order chi connectivity index (χ1) is 8.40. The molecular weight excluding hydrogens is 228 g/mol. The zero-order valence-electron chi connectivity index (χ0n) is 11.7. The first-order valence-electron chi connectivity index (χ1n) is 6.53. The van der Waals surface area contributed by atoms with Crippen molar-refractivity contribution in [3.63, 3.8) is 0 Å². The van der Waals surface area contributed by atoms with Crippen molar-refractivity contribution in [2.45, 2.75) is 38.8 Å². The number of nitrogens with zero attached hydrogens (tertiary/aromatic N) is 2. The molecule has 1 aliphatic carbocycles. The summed E-state index contributed by atoms with van der Waals surface area (Å²) in [4.78, 5) is 0. The predicted octanol–water partition coefficient (Wildman–Crippen LogP) is 1.36. The third-order valence-corrected chi connectivity index (χ3v) is 4.41. The number of aryl methyl sites for hydroxylation is 1. The molecule has 0 saturated heterocycles. The molecule has 1 fully saturated rings. The molecule has 1 saturated carbocycles. The number of nitrogens with one attached hydrogen (secondary N) is 1. The summed E-state index contributed by atoms with van der Waals surface area (Å²) < 4.78 is 7.54. The van der Waals surface area contributed by atoms with Gasteiger partial charge in [0.05, 0.1) is 12.3 Å². The van der Waals surface area contributed by atoms with E-state index in [4.69, 9.17) is 10.5 Å². The van der Waals surface area contributed by atoms with E-state index in [1.165, 1.54) is 0 Å². The molecule has 1 aromatic heterocycles. The Labute approximate surface area is 109 Å². The standard InChI is InChI=1S/C13H24N4O/c1-5-18-10-8-13(14,12(10,2)3)9-15-11-6-7-16-17(11)4/h6-7,10,15H,5,8-9,14H2,1-4H3. The van der Waals surface area contributed by atoms with Gasteiger partial charge in [-0.1, -0.05) is 13.8 Å². The maximum atomic E-state index is 6.50. The van der Waals surface area contributed by atoms with Crippen molar-refractivity contribution in [2.24, 2.45) is 18.2 Å². The molecule has 1 heterocycles. The van der Waals surface area contributed by atoms with Crippen LogP contribution < -0.4 is 11.1 Å². The van der Waals surface area contributed by atoms with Crippen molar-refractivity contribution < 1.29 is 4.74 Å². The summed E-state index contributed by atoms with van der Waals surface area (Å²) in [7, 11) is 1.92. The van der Waals surface area contributed by atoms with Gasteiger partial charge in [0.2, 0.25) is 0 Å². The number of rotatable bonds is 5. The number of aromatic nitrogens is 2. The second kappa shape index (κ2) is 4.55. The van der Waals surface area contributed by atoms with E-state index in [1.807, 2.05) is 24.7 Å². The second-order valence-electron chi connectivity index (χ2n) is 5.72. The molecule has 0 radical (unpaired) electrons. The molecule has 0 spiro atoms. The average molecular weight is 252 g/mol. The highest BCUT2D eigenvalue weighted by Gasteiger charge is 2.58. The summed E-state index contributed by atoms with van der Waals surface area (Å²) in [6.07, 6.45) is 2.94. The molecule has 0 aromatic carbocycles. The van der Waals surface area contributed by atoms with Crippen LogP contribution in [-0.4, -0.2) is 34.6 Å². The fourth-order valence-electron chi connectivity index (χ4n) is 2.60. The summed E-state index contributed by atoms with van der Waals surface area (Å²) in [5.41, 5.74) is 6.27. The van der Waals surface area contributed by atoms with Crippen LogP contribution in [0.4, 0.5) is 5.82 Å². The van der Waals surface area contributed by atoms with Crippen LogP contribution in [0.25, 0.3) is 0 Å².